The van der Waals surface area contributed by atoms with Gasteiger partial charge in [-0.2, -0.15) is 0 Å². The molecule has 1 saturated carbocycles. The Morgan fingerprint density at radius 3 is 3.00 bits per heavy atom. The lowest BCUT2D eigenvalue weighted by Gasteiger charge is -2.09. The third-order valence-electron chi connectivity index (χ3n) is 3.18. The van der Waals surface area contributed by atoms with E-state index < -0.39 is 0 Å². The molecule has 0 heterocycles. The second-order valence-corrected chi connectivity index (χ2v) is 4.61. The van der Waals surface area contributed by atoms with Crippen LogP contribution in [-0.4, -0.2) is 6.04 Å². The third kappa shape index (κ3) is 2.44. The second kappa shape index (κ2) is 4.13. The van der Waals surface area contributed by atoms with Crippen LogP contribution in [0.25, 0.3) is 0 Å². The zero-order valence-electron chi connectivity index (χ0n) is 9.59. The van der Waals surface area contributed by atoms with E-state index in [4.69, 9.17) is 5.73 Å². The second-order valence-electron chi connectivity index (χ2n) is 4.61. The van der Waals surface area contributed by atoms with E-state index in [9.17, 15) is 0 Å². The summed E-state index contributed by atoms with van der Waals surface area (Å²) in [6, 6.07) is 6.76. The highest BCUT2D eigenvalue weighted by Gasteiger charge is 2.35. The molecule has 1 aliphatic rings. The summed E-state index contributed by atoms with van der Waals surface area (Å²) in [5.41, 5.74) is 9.11. The van der Waals surface area contributed by atoms with Crippen LogP contribution in [-0.2, 0) is 0 Å². The van der Waals surface area contributed by atoms with Gasteiger partial charge in [-0.25, -0.2) is 0 Å². The largest absolute Gasteiger partial charge is 0.399 e. The van der Waals surface area contributed by atoms with Gasteiger partial charge in [-0.05, 0) is 43.4 Å². The lowest BCUT2D eigenvalue weighted by molar-refractivity contribution is 0.692. The van der Waals surface area contributed by atoms with E-state index in [1.165, 1.54) is 30.5 Å². The van der Waals surface area contributed by atoms with Crippen LogP contribution >= 0.6 is 0 Å². The molecule has 0 amide bonds. The van der Waals surface area contributed by atoms with Crippen LogP contribution in [0.15, 0.2) is 18.2 Å². The van der Waals surface area contributed by atoms with Gasteiger partial charge in [-0.15, -0.1) is 0 Å². The lowest BCUT2D eigenvalue weighted by Crippen LogP contribution is -2.06. The van der Waals surface area contributed by atoms with Gasteiger partial charge >= 0.3 is 0 Å². The molecule has 2 nitrogen and oxygen atoms in total. The van der Waals surface area contributed by atoms with Crippen LogP contribution in [0.2, 0.25) is 0 Å². The Kier molecular flexibility index (Phi) is 2.85. The van der Waals surface area contributed by atoms with Crippen molar-refractivity contribution in [2.75, 3.05) is 11.1 Å². The van der Waals surface area contributed by atoms with Crippen molar-refractivity contribution in [1.29, 1.82) is 0 Å². The van der Waals surface area contributed by atoms with Crippen LogP contribution < -0.4 is 11.1 Å². The fourth-order valence-corrected chi connectivity index (χ4v) is 2.11. The summed E-state index contributed by atoms with van der Waals surface area (Å²) in [7, 11) is 0. The molecule has 1 aromatic rings. The Labute approximate surface area is 91.9 Å². The van der Waals surface area contributed by atoms with Gasteiger partial charge in [0.1, 0.15) is 0 Å². The number of aryl methyl sites for hydroxylation is 1. The van der Waals surface area contributed by atoms with Crippen molar-refractivity contribution in [2.24, 2.45) is 5.92 Å². The van der Waals surface area contributed by atoms with Crippen LogP contribution in [0.5, 0.6) is 0 Å². The smallest absolute Gasteiger partial charge is 0.0392 e. The van der Waals surface area contributed by atoms with E-state index in [0.717, 1.165) is 11.6 Å². The summed E-state index contributed by atoms with van der Waals surface area (Å²) in [5.74, 6) is 0.885. The molecule has 0 bridgehead atoms. The van der Waals surface area contributed by atoms with Crippen molar-refractivity contribution in [3.05, 3.63) is 23.8 Å². The number of nitrogen functional groups attached to an aromatic ring is 1. The maximum atomic E-state index is 5.78. The minimum atomic E-state index is 0.686. The van der Waals surface area contributed by atoms with Gasteiger partial charge in [-0.3, -0.25) is 0 Å². The number of hydrogen-bond acceptors (Lipinski definition) is 2. The fraction of sp³-hybridized carbons (Fsp3) is 0.538. The highest BCUT2D eigenvalue weighted by atomic mass is 15.0. The molecule has 1 aromatic carbocycles. The van der Waals surface area contributed by atoms with Crippen molar-refractivity contribution in [1.82, 2.24) is 0 Å². The zero-order valence-corrected chi connectivity index (χ0v) is 9.59. The average Bonchev–Trinajstić information content (AvgIpc) is 2.91. The van der Waals surface area contributed by atoms with Gasteiger partial charge in [-0.1, -0.05) is 19.4 Å². The molecule has 1 aliphatic carbocycles. The molecule has 2 heteroatoms. The summed E-state index contributed by atoms with van der Waals surface area (Å²) < 4.78 is 0. The number of anilines is 2. The van der Waals surface area contributed by atoms with Gasteiger partial charge in [0, 0.05) is 17.4 Å². The van der Waals surface area contributed by atoms with Gasteiger partial charge in [0.15, 0.2) is 0 Å². The molecule has 2 unspecified atom stereocenters. The molecule has 2 atom stereocenters. The average molecular weight is 204 g/mol. The fourth-order valence-electron chi connectivity index (χ4n) is 2.11. The summed E-state index contributed by atoms with van der Waals surface area (Å²) >= 11 is 0. The predicted octanol–water partition coefficient (Wildman–Crippen LogP) is 3.18. The van der Waals surface area contributed by atoms with E-state index >= 15 is 0 Å². The van der Waals surface area contributed by atoms with E-state index in [0.29, 0.717) is 6.04 Å². The molecule has 0 aliphatic heterocycles. The quantitative estimate of drug-likeness (QED) is 0.739. The van der Waals surface area contributed by atoms with Crippen molar-refractivity contribution in [3.63, 3.8) is 0 Å². The summed E-state index contributed by atoms with van der Waals surface area (Å²) in [4.78, 5) is 0. The van der Waals surface area contributed by atoms with E-state index in [2.05, 4.69) is 25.2 Å². The molecule has 82 valence electrons. The topological polar surface area (TPSA) is 38.0 Å². The number of hydrogen-bond donors (Lipinski definition) is 2. The van der Waals surface area contributed by atoms with Gasteiger partial charge in [0.05, 0.1) is 0 Å². The number of benzene rings is 1. The Bertz CT molecular complexity index is 346. The Morgan fingerprint density at radius 1 is 1.47 bits per heavy atom. The Morgan fingerprint density at radius 2 is 2.27 bits per heavy atom. The first-order valence-corrected chi connectivity index (χ1v) is 5.83. The first-order chi connectivity index (χ1) is 7.20. The lowest BCUT2D eigenvalue weighted by atomic mass is 10.1. The van der Waals surface area contributed by atoms with Crippen LogP contribution in [0.3, 0.4) is 0 Å². The molecule has 0 spiro atoms. The Hall–Kier alpha value is -1.18. The van der Waals surface area contributed by atoms with Crippen molar-refractivity contribution in [3.8, 4) is 0 Å². The normalized spacial score (nSPS) is 23.9. The Balaban J connectivity index is 1.97. The summed E-state index contributed by atoms with van der Waals surface area (Å²) in [5, 5.41) is 3.58. The maximum absolute atomic E-state index is 5.78. The molecule has 0 aromatic heterocycles. The standard InChI is InChI=1S/C13H20N2/c1-3-4-10-7-13(10)15-12-8-11(14)6-5-9(12)2/h5-6,8,10,13,15H,3-4,7,14H2,1-2H3. The number of rotatable bonds is 4. The first-order valence-electron chi connectivity index (χ1n) is 5.83. The minimum absolute atomic E-state index is 0.686. The van der Waals surface area contributed by atoms with Crippen LogP contribution in [0.4, 0.5) is 11.4 Å². The zero-order chi connectivity index (χ0) is 10.8. The molecule has 0 saturated heterocycles. The highest BCUT2D eigenvalue weighted by molar-refractivity contribution is 5.60. The molecule has 1 fully saturated rings. The van der Waals surface area contributed by atoms with Gasteiger partial charge < -0.3 is 11.1 Å². The number of nitrogens with two attached hydrogens (primary N) is 1. The highest BCUT2D eigenvalue weighted by Crippen LogP contribution is 2.38. The van der Waals surface area contributed by atoms with Crippen LogP contribution in [0.1, 0.15) is 31.7 Å². The third-order valence-corrected chi connectivity index (χ3v) is 3.18. The first kappa shape index (κ1) is 10.3. The van der Waals surface area contributed by atoms with Crippen LogP contribution in [0, 0.1) is 12.8 Å². The SMILES string of the molecule is CCCC1CC1Nc1cc(N)ccc1C. The molecule has 15 heavy (non-hydrogen) atoms. The van der Waals surface area contributed by atoms with E-state index in [-0.39, 0.29) is 0 Å². The number of nitrogens with one attached hydrogen (secondary N) is 1. The van der Waals surface area contributed by atoms with E-state index in [1.807, 2.05) is 12.1 Å². The molecular formula is C13H20N2. The van der Waals surface area contributed by atoms with Crippen molar-refractivity contribution < 1.29 is 0 Å². The molecule has 3 N–H and O–H groups in total. The molecular weight excluding hydrogens is 184 g/mol. The molecule has 0 radical (unpaired) electrons. The van der Waals surface area contributed by atoms with Crippen molar-refractivity contribution in [2.45, 2.75) is 39.2 Å². The predicted molar refractivity (Wildman–Crippen MR) is 66.0 cm³/mol. The van der Waals surface area contributed by atoms with E-state index in [1.54, 1.807) is 0 Å². The van der Waals surface area contributed by atoms with Gasteiger partial charge in [0.25, 0.3) is 0 Å². The monoisotopic (exact) mass is 204 g/mol. The maximum Gasteiger partial charge on any atom is 0.0392 e. The summed E-state index contributed by atoms with van der Waals surface area (Å²) in [6.45, 7) is 4.38. The van der Waals surface area contributed by atoms with Gasteiger partial charge in [0.2, 0.25) is 0 Å². The molecule has 2 rings (SSSR count). The summed E-state index contributed by atoms with van der Waals surface area (Å²) in [6.07, 6.45) is 3.96. The minimum Gasteiger partial charge on any atom is -0.399 e. The van der Waals surface area contributed by atoms with Crippen molar-refractivity contribution >= 4 is 11.4 Å².